The van der Waals surface area contributed by atoms with Crippen LogP contribution in [0.25, 0.3) is 99.9 Å². The van der Waals surface area contributed by atoms with Crippen molar-refractivity contribution < 1.29 is 26.7 Å². The maximum atomic E-state index is 9.32. The lowest BCUT2D eigenvalue weighted by Crippen LogP contribution is -2.01. The molecule has 0 aliphatic carbocycles. The molecule has 0 saturated carbocycles. The molecule has 224 valence electrons. The summed E-state index contributed by atoms with van der Waals surface area (Å²) in [5.74, 6) is 0.0630. The van der Waals surface area contributed by atoms with Crippen molar-refractivity contribution in [3.8, 4) is 45.3 Å². The third-order valence-electron chi connectivity index (χ3n) is 8.23. The number of benzene rings is 7. The van der Waals surface area contributed by atoms with Crippen LogP contribution < -0.4 is 0 Å². The van der Waals surface area contributed by atoms with Gasteiger partial charge in [-0.05, 0) is 46.1 Å². The highest BCUT2D eigenvalue weighted by atomic mass is 16.3. The minimum atomic E-state index is -0.726. The van der Waals surface area contributed by atoms with E-state index >= 15 is 0 Å². The van der Waals surface area contributed by atoms with Crippen LogP contribution in [-0.2, 0) is 0 Å². The molecule has 10 rings (SSSR count). The smallest absolute Gasteiger partial charge is 0.164 e. The molecule has 0 fully saturated rings. The van der Waals surface area contributed by atoms with Gasteiger partial charge < -0.3 is 8.83 Å². The van der Waals surface area contributed by atoms with Gasteiger partial charge in [-0.25, -0.2) is 15.0 Å². The maximum Gasteiger partial charge on any atom is 0.164 e. The van der Waals surface area contributed by atoms with Gasteiger partial charge in [0.15, 0.2) is 17.5 Å². The minimum absolute atomic E-state index is 0.129. The van der Waals surface area contributed by atoms with Gasteiger partial charge in [-0.3, -0.25) is 0 Å². The topological polar surface area (TPSA) is 65.0 Å². The molecule has 0 N–H and O–H groups in total. The molecule has 0 amide bonds. The number of furan rings is 2. The second kappa shape index (κ2) is 10.5. The molecule has 3 heterocycles. The van der Waals surface area contributed by atoms with E-state index in [1.165, 1.54) is 0 Å². The van der Waals surface area contributed by atoms with Crippen LogP contribution in [0, 0.1) is 0 Å². The average molecular weight is 629 g/mol. The molecule has 10 aromatic rings. The molecule has 0 atom stereocenters. The van der Waals surface area contributed by atoms with Crippen molar-refractivity contribution in [2.75, 3.05) is 0 Å². The number of nitrogens with zero attached hydrogens (tertiary/aromatic N) is 3. The molecule has 48 heavy (non-hydrogen) atoms. The standard InChI is InChI=1S/C43H25N3O2/c1-2-12-26(13-3-1)41-44-42(46-43(45-41)34-21-11-25-38-40(34)33-15-5-7-23-36(33)48-38)31-20-9-16-27-28(17-8-18-29(27)31)30-19-10-24-37-39(30)32-14-4-6-22-35(32)47-37/h1-25H/i4D,6D,8D,9D,10D,14D,16D,17D,18D,19D,20D,22D,24D. The molecular weight excluding hydrogens is 590 g/mol. The molecule has 0 saturated heterocycles. The fraction of sp³-hybridized carbons (Fsp3) is 0. The molecule has 5 nitrogen and oxygen atoms in total. The Bertz CT molecular complexity index is 3590. The van der Waals surface area contributed by atoms with Gasteiger partial charge in [0.1, 0.15) is 22.3 Å². The summed E-state index contributed by atoms with van der Waals surface area (Å²) in [6.07, 6.45) is 0. The summed E-state index contributed by atoms with van der Waals surface area (Å²) in [5, 5.41) is 0.291. The highest BCUT2D eigenvalue weighted by Crippen LogP contribution is 2.41. The summed E-state index contributed by atoms with van der Waals surface area (Å²) in [4.78, 5) is 14.5. The van der Waals surface area contributed by atoms with Crippen molar-refractivity contribution >= 4 is 54.6 Å². The Morgan fingerprint density at radius 3 is 1.88 bits per heavy atom. The molecule has 7 aromatic carbocycles. The Morgan fingerprint density at radius 2 is 0.979 bits per heavy atom. The van der Waals surface area contributed by atoms with E-state index in [2.05, 4.69) is 0 Å². The minimum Gasteiger partial charge on any atom is -0.456 e. The van der Waals surface area contributed by atoms with Crippen LogP contribution in [0.4, 0.5) is 0 Å². The zero-order valence-corrected chi connectivity index (χ0v) is 24.6. The van der Waals surface area contributed by atoms with E-state index in [1.807, 2.05) is 30.3 Å². The molecule has 0 unspecified atom stereocenters. The Hall–Kier alpha value is -6.59. The number of aromatic nitrogens is 3. The van der Waals surface area contributed by atoms with Crippen molar-refractivity contribution in [2.24, 2.45) is 0 Å². The summed E-state index contributed by atoms with van der Waals surface area (Å²) >= 11 is 0. The van der Waals surface area contributed by atoms with Gasteiger partial charge in [0.05, 0.1) is 17.8 Å². The summed E-state index contributed by atoms with van der Waals surface area (Å²) in [5.41, 5.74) is 0.387. The molecule has 0 spiro atoms. The lowest BCUT2D eigenvalue weighted by Gasteiger charge is -2.13. The Morgan fingerprint density at radius 1 is 0.375 bits per heavy atom. The van der Waals surface area contributed by atoms with Crippen molar-refractivity contribution in [1.29, 1.82) is 0 Å². The van der Waals surface area contributed by atoms with Crippen molar-refractivity contribution in [1.82, 2.24) is 15.0 Å². The lowest BCUT2D eigenvalue weighted by molar-refractivity contribution is 0.668. The first-order chi connectivity index (χ1) is 29.2. The Balaban J connectivity index is 1.38. The van der Waals surface area contributed by atoms with Crippen LogP contribution in [0.2, 0.25) is 0 Å². The van der Waals surface area contributed by atoms with Gasteiger partial charge in [-0.15, -0.1) is 0 Å². The average Bonchev–Trinajstić information content (AvgIpc) is 3.86. The van der Waals surface area contributed by atoms with Gasteiger partial charge in [0.25, 0.3) is 0 Å². The highest BCUT2D eigenvalue weighted by Gasteiger charge is 2.20. The van der Waals surface area contributed by atoms with Gasteiger partial charge in [0.2, 0.25) is 0 Å². The van der Waals surface area contributed by atoms with E-state index in [9.17, 15) is 6.85 Å². The van der Waals surface area contributed by atoms with Gasteiger partial charge in [-0.1, -0.05) is 127 Å². The summed E-state index contributed by atoms with van der Waals surface area (Å²) in [6.45, 7) is 0. The first-order valence-corrected chi connectivity index (χ1v) is 14.9. The first kappa shape index (κ1) is 16.8. The monoisotopic (exact) mass is 628 g/mol. The predicted octanol–water partition coefficient (Wildman–Crippen LogP) is 11.5. The third kappa shape index (κ3) is 4.08. The normalized spacial score (nSPS) is 15.5. The van der Waals surface area contributed by atoms with Gasteiger partial charge in [-0.2, -0.15) is 0 Å². The van der Waals surface area contributed by atoms with Crippen molar-refractivity contribution in [2.45, 2.75) is 0 Å². The van der Waals surface area contributed by atoms with Crippen LogP contribution in [0.5, 0.6) is 0 Å². The van der Waals surface area contributed by atoms with Crippen LogP contribution in [0.15, 0.2) is 160 Å². The van der Waals surface area contributed by atoms with E-state index in [4.69, 9.17) is 34.8 Å². The van der Waals surface area contributed by atoms with Gasteiger partial charge in [0, 0.05) is 38.2 Å². The summed E-state index contributed by atoms with van der Waals surface area (Å²) < 4.78 is 128. The summed E-state index contributed by atoms with van der Waals surface area (Å²) in [6, 6.07) is 13.2. The first-order valence-electron chi connectivity index (χ1n) is 21.4. The molecule has 0 aliphatic heterocycles. The van der Waals surface area contributed by atoms with Crippen LogP contribution in [-0.4, -0.2) is 15.0 Å². The summed E-state index contributed by atoms with van der Waals surface area (Å²) in [7, 11) is 0. The fourth-order valence-electron chi connectivity index (χ4n) is 6.13. The van der Waals surface area contributed by atoms with E-state index in [1.54, 1.807) is 42.5 Å². The van der Waals surface area contributed by atoms with Crippen LogP contribution >= 0.6 is 0 Å². The van der Waals surface area contributed by atoms with Crippen molar-refractivity contribution in [3.05, 3.63) is 151 Å². The molecule has 0 radical (unpaired) electrons. The van der Waals surface area contributed by atoms with E-state index in [0.29, 0.717) is 27.7 Å². The zero-order valence-electron chi connectivity index (χ0n) is 37.6. The number of fused-ring (bicyclic) bond motifs is 7. The Kier molecular flexibility index (Phi) is 3.67. The number of hydrogen-bond acceptors (Lipinski definition) is 5. The van der Waals surface area contributed by atoms with E-state index < -0.39 is 89.7 Å². The second-order valence-electron chi connectivity index (χ2n) is 11.0. The van der Waals surface area contributed by atoms with Crippen molar-refractivity contribution in [3.63, 3.8) is 0 Å². The van der Waals surface area contributed by atoms with E-state index in [-0.39, 0.29) is 55.7 Å². The quantitative estimate of drug-likeness (QED) is 0.194. The van der Waals surface area contributed by atoms with E-state index in [0.717, 1.165) is 5.39 Å². The highest BCUT2D eigenvalue weighted by molar-refractivity contribution is 6.16. The molecular formula is C43H25N3O2. The molecule has 0 bridgehead atoms. The molecule has 5 heteroatoms. The predicted molar refractivity (Wildman–Crippen MR) is 194 cm³/mol. The number of hydrogen-bond donors (Lipinski definition) is 0. The molecule has 0 aliphatic rings. The third-order valence-corrected chi connectivity index (χ3v) is 8.23. The maximum absolute atomic E-state index is 9.32. The molecule has 3 aromatic heterocycles. The SMILES string of the molecule is [2H]c1c([2H])c([2H])c2c(oc3c([2H])c([2H])c([2H])c(-c4c([2H])c([2H])c([2H])c5c(-c6nc(-c7ccccc7)nc(-c7cccc8oc9ccccc9c78)n6)c([2H])c([2H])c([2H])c45)c32)c1[2H]. The van der Waals surface area contributed by atoms with Gasteiger partial charge >= 0.3 is 0 Å². The number of rotatable bonds is 4. The lowest BCUT2D eigenvalue weighted by atomic mass is 9.93. The van der Waals surface area contributed by atoms with Crippen LogP contribution in [0.1, 0.15) is 17.8 Å². The van der Waals surface area contributed by atoms with Crippen LogP contribution in [0.3, 0.4) is 0 Å². The zero-order chi connectivity index (χ0) is 42.9. The Labute approximate surface area is 293 Å². The number of para-hydroxylation sites is 2. The fourth-order valence-corrected chi connectivity index (χ4v) is 6.13. The largest absolute Gasteiger partial charge is 0.456 e. The second-order valence-corrected chi connectivity index (χ2v) is 11.0.